The van der Waals surface area contributed by atoms with Gasteiger partial charge in [0.15, 0.2) is 0 Å². The highest BCUT2D eigenvalue weighted by Gasteiger charge is 2.41. The Labute approximate surface area is 122 Å². The number of carbonyl (C=O) groups is 2. The summed E-state index contributed by atoms with van der Waals surface area (Å²) in [5.74, 6) is -1.85. The monoisotopic (exact) mass is 294 g/mol. The molecule has 1 amide bonds. The summed E-state index contributed by atoms with van der Waals surface area (Å²) in [4.78, 5) is 25.1. The Balaban J connectivity index is 2.04. The molecule has 21 heavy (non-hydrogen) atoms. The largest absolute Gasteiger partial charge is 0.480 e. The lowest BCUT2D eigenvalue weighted by Crippen LogP contribution is -2.57. The Morgan fingerprint density at radius 1 is 1.38 bits per heavy atom. The average Bonchev–Trinajstić information content (AvgIpc) is 2.44. The maximum Gasteiger partial charge on any atom is 0.323 e. The van der Waals surface area contributed by atoms with Gasteiger partial charge in [0.25, 0.3) is 0 Å². The molecule has 2 rings (SSSR count). The SMILES string of the molecule is CC1(C(=O)O)CCCCN1CC(=O)Nc1ccccc1F. The van der Waals surface area contributed by atoms with E-state index in [1.165, 1.54) is 18.2 Å². The number of benzene rings is 1. The third-order valence-electron chi connectivity index (χ3n) is 3.98. The molecule has 1 fully saturated rings. The number of piperidine rings is 1. The first-order valence-corrected chi connectivity index (χ1v) is 6.96. The molecule has 0 aromatic heterocycles. The van der Waals surface area contributed by atoms with Gasteiger partial charge in [-0.05, 0) is 44.9 Å². The number of amides is 1. The van der Waals surface area contributed by atoms with Crippen molar-refractivity contribution in [3.8, 4) is 0 Å². The Kier molecular flexibility index (Phi) is 4.57. The van der Waals surface area contributed by atoms with Crippen LogP contribution in [-0.2, 0) is 9.59 Å². The van der Waals surface area contributed by atoms with Crippen LogP contribution in [0.15, 0.2) is 24.3 Å². The molecule has 1 unspecified atom stereocenters. The fourth-order valence-electron chi connectivity index (χ4n) is 2.60. The number of para-hydroxylation sites is 1. The maximum absolute atomic E-state index is 13.5. The van der Waals surface area contributed by atoms with Crippen molar-refractivity contribution in [1.29, 1.82) is 0 Å². The minimum atomic E-state index is -1.04. The summed E-state index contributed by atoms with van der Waals surface area (Å²) < 4.78 is 13.5. The van der Waals surface area contributed by atoms with Gasteiger partial charge in [-0.3, -0.25) is 14.5 Å². The van der Waals surface area contributed by atoms with E-state index >= 15 is 0 Å². The number of carboxylic acid groups (broad SMARTS) is 1. The van der Waals surface area contributed by atoms with Crippen molar-refractivity contribution in [2.24, 2.45) is 0 Å². The van der Waals surface area contributed by atoms with E-state index in [4.69, 9.17) is 0 Å². The van der Waals surface area contributed by atoms with Crippen molar-refractivity contribution in [2.75, 3.05) is 18.4 Å². The molecule has 1 atom stereocenters. The first-order valence-electron chi connectivity index (χ1n) is 6.96. The second-order valence-corrected chi connectivity index (χ2v) is 5.49. The normalized spacial score (nSPS) is 22.8. The van der Waals surface area contributed by atoms with Crippen molar-refractivity contribution in [2.45, 2.75) is 31.7 Å². The van der Waals surface area contributed by atoms with Crippen LogP contribution < -0.4 is 5.32 Å². The Morgan fingerprint density at radius 3 is 2.76 bits per heavy atom. The minimum Gasteiger partial charge on any atom is -0.480 e. The van der Waals surface area contributed by atoms with Gasteiger partial charge >= 0.3 is 5.97 Å². The van der Waals surface area contributed by atoms with Crippen LogP contribution in [0, 0.1) is 5.82 Å². The molecule has 0 radical (unpaired) electrons. The van der Waals surface area contributed by atoms with E-state index in [1.807, 2.05) is 0 Å². The molecular formula is C15H19FN2O3. The zero-order valence-corrected chi connectivity index (χ0v) is 11.9. The number of rotatable bonds is 4. The zero-order valence-electron chi connectivity index (χ0n) is 11.9. The van der Waals surface area contributed by atoms with Gasteiger partial charge in [0, 0.05) is 0 Å². The first kappa shape index (κ1) is 15.4. The summed E-state index contributed by atoms with van der Waals surface area (Å²) in [6, 6.07) is 5.90. The molecule has 1 aromatic carbocycles. The van der Waals surface area contributed by atoms with E-state index in [-0.39, 0.29) is 12.2 Å². The topological polar surface area (TPSA) is 69.6 Å². The quantitative estimate of drug-likeness (QED) is 0.892. The molecule has 0 spiro atoms. The number of carboxylic acids is 1. The number of nitrogens with one attached hydrogen (secondary N) is 1. The van der Waals surface area contributed by atoms with Gasteiger partial charge in [-0.25, -0.2) is 4.39 Å². The molecule has 114 valence electrons. The number of halogens is 1. The predicted molar refractivity (Wildman–Crippen MR) is 76.5 cm³/mol. The first-order chi connectivity index (χ1) is 9.93. The molecule has 1 aliphatic rings. The van der Waals surface area contributed by atoms with Crippen LogP contribution in [0.4, 0.5) is 10.1 Å². The maximum atomic E-state index is 13.5. The molecular weight excluding hydrogens is 275 g/mol. The lowest BCUT2D eigenvalue weighted by Gasteiger charge is -2.41. The molecule has 6 heteroatoms. The highest BCUT2D eigenvalue weighted by molar-refractivity contribution is 5.93. The standard InChI is InChI=1S/C15H19FN2O3/c1-15(14(20)21)8-4-5-9-18(15)10-13(19)17-12-7-3-2-6-11(12)16/h2-3,6-7H,4-5,8-10H2,1H3,(H,17,19)(H,20,21). The smallest absolute Gasteiger partial charge is 0.323 e. The van der Waals surface area contributed by atoms with Gasteiger partial charge in [-0.15, -0.1) is 0 Å². The molecule has 1 heterocycles. The van der Waals surface area contributed by atoms with E-state index in [2.05, 4.69) is 5.32 Å². The van der Waals surface area contributed by atoms with Crippen LogP contribution in [-0.4, -0.2) is 40.5 Å². The number of likely N-dealkylation sites (tertiary alicyclic amines) is 1. The van der Waals surface area contributed by atoms with E-state index in [9.17, 15) is 19.1 Å². The molecule has 1 saturated heterocycles. The number of carbonyl (C=O) groups excluding carboxylic acids is 1. The molecule has 0 bridgehead atoms. The number of hydrogen-bond acceptors (Lipinski definition) is 3. The Morgan fingerprint density at radius 2 is 2.10 bits per heavy atom. The fourth-order valence-corrected chi connectivity index (χ4v) is 2.60. The van der Waals surface area contributed by atoms with Crippen LogP contribution in [0.2, 0.25) is 0 Å². The Bertz CT molecular complexity index is 549. The summed E-state index contributed by atoms with van der Waals surface area (Å²) in [6.45, 7) is 2.12. The second-order valence-electron chi connectivity index (χ2n) is 5.49. The summed E-state index contributed by atoms with van der Waals surface area (Å²) in [5, 5.41) is 11.9. The van der Waals surface area contributed by atoms with Gasteiger partial charge in [-0.1, -0.05) is 12.1 Å². The predicted octanol–water partition coefficient (Wildman–Crippen LogP) is 2.09. The van der Waals surface area contributed by atoms with Gasteiger partial charge in [0.1, 0.15) is 11.4 Å². The van der Waals surface area contributed by atoms with Crippen LogP contribution in [0.3, 0.4) is 0 Å². The lowest BCUT2D eigenvalue weighted by atomic mass is 9.88. The van der Waals surface area contributed by atoms with E-state index < -0.39 is 23.2 Å². The average molecular weight is 294 g/mol. The van der Waals surface area contributed by atoms with E-state index in [0.29, 0.717) is 13.0 Å². The summed E-state index contributed by atoms with van der Waals surface area (Å²) in [6.07, 6.45) is 2.19. The van der Waals surface area contributed by atoms with Crippen LogP contribution >= 0.6 is 0 Å². The van der Waals surface area contributed by atoms with Crippen molar-refractivity contribution in [3.63, 3.8) is 0 Å². The molecule has 1 aromatic rings. The van der Waals surface area contributed by atoms with E-state index in [0.717, 1.165) is 12.8 Å². The van der Waals surface area contributed by atoms with Gasteiger partial charge in [0.2, 0.25) is 5.91 Å². The molecule has 0 saturated carbocycles. The number of aliphatic carboxylic acids is 1. The van der Waals surface area contributed by atoms with Crippen LogP contribution in [0.5, 0.6) is 0 Å². The summed E-state index contributed by atoms with van der Waals surface area (Å²) in [5.41, 5.74) is -0.929. The minimum absolute atomic E-state index is 0.0584. The molecule has 0 aliphatic carbocycles. The van der Waals surface area contributed by atoms with E-state index in [1.54, 1.807) is 17.9 Å². The third kappa shape index (κ3) is 3.39. The molecule has 1 aliphatic heterocycles. The van der Waals surface area contributed by atoms with Crippen molar-refractivity contribution in [3.05, 3.63) is 30.1 Å². The Hall–Kier alpha value is -1.95. The summed E-state index contributed by atoms with van der Waals surface area (Å²) in [7, 11) is 0. The third-order valence-corrected chi connectivity index (χ3v) is 3.98. The second kappa shape index (κ2) is 6.22. The van der Waals surface area contributed by atoms with Gasteiger partial charge in [-0.2, -0.15) is 0 Å². The van der Waals surface area contributed by atoms with Crippen molar-refractivity contribution < 1.29 is 19.1 Å². The van der Waals surface area contributed by atoms with Gasteiger partial charge in [0.05, 0.1) is 12.2 Å². The highest BCUT2D eigenvalue weighted by atomic mass is 19.1. The molecule has 5 nitrogen and oxygen atoms in total. The number of hydrogen-bond donors (Lipinski definition) is 2. The number of anilines is 1. The molecule has 2 N–H and O–H groups in total. The zero-order chi connectivity index (χ0) is 15.5. The van der Waals surface area contributed by atoms with Gasteiger partial charge < -0.3 is 10.4 Å². The van der Waals surface area contributed by atoms with Crippen LogP contribution in [0.25, 0.3) is 0 Å². The number of nitrogens with zero attached hydrogens (tertiary/aromatic N) is 1. The van der Waals surface area contributed by atoms with Crippen molar-refractivity contribution in [1.82, 2.24) is 4.90 Å². The highest BCUT2D eigenvalue weighted by Crippen LogP contribution is 2.28. The lowest BCUT2D eigenvalue weighted by molar-refractivity contribution is -0.153. The fraction of sp³-hybridized carbons (Fsp3) is 0.467. The summed E-state index contributed by atoms with van der Waals surface area (Å²) >= 11 is 0. The van der Waals surface area contributed by atoms with Crippen molar-refractivity contribution >= 4 is 17.6 Å². The van der Waals surface area contributed by atoms with Crippen LogP contribution in [0.1, 0.15) is 26.2 Å².